The average Bonchev–Trinajstić information content (AvgIpc) is 2.25. The summed E-state index contributed by atoms with van der Waals surface area (Å²) >= 11 is 0. The van der Waals surface area contributed by atoms with Gasteiger partial charge < -0.3 is 11.1 Å². The summed E-state index contributed by atoms with van der Waals surface area (Å²) < 4.78 is 12.7. The molecule has 15 heavy (non-hydrogen) atoms. The first-order valence-corrected chi connectivity index (χ1v) is 5.53. The number of benzene rings is 1. The van der Waals surface area contributed by atoms with E-state index in [4.69, 9.17) is 5.73 Å². The van der Waals surface area contributed by atoms with Crippen LogP contribution in [0.25, 0.3) is 0 Å². The summed E-state index contributed by atoms with van der Waals surface area (Å²) in [7, 11) is 0. The molecular weight excluding hydrogens is 191 g/mol. The highest BCUT2D eigenvalue weighted by molar-refractivity contribution is 5.44. The van der Waals surface area contributed by atoms with Crippen molar-refractivity contribution in [3.05, 3.63) is 30.1 Å². The van der Waals surface area contributed by atoms with E-state index in [2.05, 4.69) is 5.32 Å². The number of halogens is 1. The van der Waals surface area contributed by atoms with Gasteiger partial charge in [-0.25, -0.2) is 4.39 Å². The maximum absolute atomic E-state index is 12.7. The predicted molar refractivity (Wildman–Crippen MR) is 60.3 cm³/mol. The summed E-state index contributed by atoms with van der Waals surface area (Å²) in [6.45, 7) is 0. The Hall–Kier alpha value is -1.09. The van der Waals surface area contributed by atoms with Crippen LogP contribution in [0.3, 0.4) is 0 Å². The molecule has 0 bridgehead atoms. The van der Waals surface area contributed by atoms with Crippen LogP contribution in [0.2, 0.25) is 0 Å². The van der Waals surface area contributed by atoms with Crippen molar-refractivity contribution in [1.82, 2.24) is 0 Å². The summed E-state index contributed by atoms with van der Waals surface area (Å²) in [4.78, 5) is 0. The Morgan fingerprint density at radius 1 is 1.13 bits per heavy atom. The standard InChI is InChI=1S/C12H17FN2/c13-9-5-7-10(8-6-9)15-12-4-2-1-3-11(12)14/h5-8,11-12,15H,1-4,14H2/t11-,12+/m1/s1. The molecular formula is C12H17FN2. The van der Waals surface area contributed by atoms with Crippen LogP contribution in [0, 0.1) is 5.82 Å². The Morgan fingerprint density at radius 3 is 2.47 bits per heavy atom. The van der Waals surface area contributed by atoms with Crippen LogP contribution in [0.5, 0.6) is 0 Å². The molecule has 0 aromatic heterocycles. The van der Waals surface area contributed by atoms with E-state index in [9.17, 15) is 4.39 Å². The van der Waals surface area contributed by atoms with Crippen LogP contribution < -0.4 is 11.1 Å². The minimum absolute atomic E-state index is 0.200. The van der Waals surface area contributed by atoms with Crippen molar-refractivity contribution >= 4 is 5.69 Å². The third-order valence-corrected chi connectivity index (χ3v) is 3.02. The minimum atomic E-state index is -0.200. The van der Waals surface area contributed by atoms with E-state index in [0.717, 1.165) is 18.5 Å². The van der Waals surface area contributed by atoms with E-state index >= 15 is 0 Å². The highest BCUT2D eigenvalue weighted by Gasteiger charge is 2.21. The Morgan fingerprint density at radius 2 is 1.80 bits per heavy atom. The van der Waals surface area contributed by atoms with Crippen molar-refractivity contribution in [3.8, 4) is 0 Å². The summed E-state index contributed by atoms with van der Waals surface area (Å²) in [5.74, 6) is -0.200. The Balaban J connectivity index is 1.98. The number of nitrogens with two attached hydrogens (primary N) is 1. The van der Waals surface area contributed by atoms with Gasteiger partial charge in [0.1, 0.15) is 5.82 Å². The van der Waals surface area contributed by atoms with Gasteiger partial charge in [-0.2, -0.15) is 0 Å². The monoisotopic (exact) mass is 208 g/mol. The maximum Gasteiger partial charge on any atom is 0.123 e. The van der Waals surface area contributed by atoms with E-state index in [1.54, 1.807) is 12.1 Å². The van der Waals surface area contributed by atoms with E-state index in [0.29, 0.717) is 6.04 Å². The van der Waals surface area contributed by atoms with Crippen molar-refractivity contribution in [2.45, 2.75) is 37.8 Å². The molecule has 1 aromatic rings. The van der Waals surface area contributed by atoms with Gasteiger partial charge in [0, 0.05) is 17.8 Å². The lowest BCUT2D eigenvalue weighted by molar-refractivity contribution is 0.404. The Labute approximate surface area is 89.7 Å². The molecule has 3 heteroatoms. The highest BCUT2D eigenvalue weighted by Crippen LogP contribution is 2.21. The van der Waals surface area contributed by atoms with Crippen molar-refractivity contribution < 1.29 is 4.39 Å². The fourth-order valence-corrected chi connectivity index (χ4v) is 2.10. The van der Waals surface area contributed by atoms with Gasteiger partial charge in [-0.15, -0.1) is 0 Å². The first kappa shape index (κ1) is 10.4. The van der Waals surface area contributed by atoms with Crippen molar-refractivity contribution in [3.63, 3.8) is 0 Å². The average molecular weight is 208 g/mol. The molecule has 1 saturated carbocycles. The molecule has 0 amide bonds. The van der Waals surface area contributed by atoms with Crippen LogP contribution in [0.4, 0.5) is 10.1 Å². The lowest BCUT2D eigenvalue weighted by atomic mass is 9.91. The molecule has 0 unspecified atom stereocenters. The second kappa shape index (κ2) is 4.62. The molecule has 3 N–H and O–H groups in total. The molecule has 1 fully saturated rings. The first-order valence-electron chi connectivity index (χ1n) is 5.53. The maximum atomic E-state index is 12.7. The summed E-state index contributed by atoms with van der Waals surface area (Å²) in [5, 5.41) is 3.37. The van der Waals surface area contributed by atoms with Crippen LogP contribution in [0.1, 0.15) is 25.7 Å². The van der Waals surface area contributed by atoms with E-state index < -0.39 is 0 Å². The minimum Gasteiger partial charge on any atom is -0.381 e. The van der Waals surface area contributed by atoms with Gasteiger partial charge in [-0.3, -0.25) is 0 Å². The third-order valence-electron chi connectivity index (χ3n) is 3.02. The van der Waals surface area contributed by atoms with Crippen molar-refractivity contribution in [1.29, 1.82) is 0 Å². The van der Waals surface area contributed by atoms with Gasteiger partial charge in [0.25, 0.3) is 0 Å². The number of rotatable bonds is 2. The topological polar surface area (TPSA) is 38.0 Å². The zero-order valence-electron chi connectivity index (χ0n) is 8.75. The molecule has 2 rings (SSSR count). The smallest absolute Gasteiger partial charge is 0.123 e. The van der Waals surface area contributed by atoms with Crippen molar-refractivity contribution in [2.75, 3.05) is 5.32 Å². The van der Waals surface area contributed by atoms with Crippen LogP contribution in [0.15, 0.2) is 24.3 Å². The number of hydrogen-bond donors (Lipinski definition) is 2. The molecule has 1 aromatic carbocycles. The molecule has 0 spiro atoms. The summed E-state index contributed by atoms with van der Waals surface area (Å²) in [5.41, 5.74) is 6.98. The Bertz CT molecular complexity index is 310. The van der Waals surface area contributed by atoms with E-state index in [-0.39, 0.29) is 11.9 Å². The molecule has 1 aliphatic carbocycles. The third kappa shape index (κ3) is 2.69. The molecule has 0 saturated heterocycles. The summed E-state index contributed by atoms with van der Waals surface area (Å²) in [6, 6.07) is 7.02. The molecule has 1 aliphatic rings. The quantitative estimate of drug-likeness (QED) is 0.783. The Kier molecular flexibility index (Phi) is 3.21. The molecule has 82 valence electrons. The lowest BCUT2D eigenvalue weighted by Crippen LogP contribution is -2.42. The lowest BCUT2D eigenvalue weighted by Gasteiger charge is -2.30. The SMILES string of the molecule is N[C@@H]1CCCC[C@@H]1Nc1ccc(F)cc1. The second-order valence-corrected chi connectivity index (χ2v) is 4.21. The zero-order valence-corrected chi connectivity index (χ0v) is 8.75. The van der Waals surface area contributed by atoms with E-state index in [1.807, 2.05) is 0 Å². The van der Waals surface area contributed by atoms with Crippen molar-refractivity contribution in [2.24, 2.45) is 5.73 Å². The normalized spacial score (nSPS) is 26.3. The van der Waals surface area contributed by atoms with Gasteiger partial charge in [0.05, 0.1) is 0 Å². The molecule has 2 atom stereocenters. The van der Waals surface area contributed by atoms with Gasteiger partial charge in [0.2, 0.25) is 0 Å². The first-order chi connectivity index (χ1) is 7.25. The summed E-state index contributed by atoms with van der Waals surface area (Å²) in [6.07, 6.45) is 4.65. The van der Waals surface area contributed by atoms with Crippen LogP contribution in [-0.4, -0.2) is 12.1 Å². The van der Waals surface area contributed by atoms with E-state index in [1.165, 1.54) is 25.0 Å². The van der Waals surface area contributed by atoms with Gasteiger partial charge in [-0.1, -0.05) is 12.8 Å². The van der Waals surface area contributed by atoms with Crippen LogP contribution >= 0.6 is 0 Å². The number of nitrogens with one attached hydrogen (secondary N) is 1. The molecule has 2 nitrogen and oxygen atoms in total. The van der Waals surface area contributed by atoms with Gasteiger partial charge in [0.15, 0.2) is 0 Å². The highest BCUT2D eigenvalue weighted by atomic mass is 19.1. The molecule has 0 aliphatic heterocycles. The fourth-order valence-electron chi connectivity index (χ4n) is 2.10. The number of anilines is 1. The predicted octanol–water partition coefficient (Wildman–Crippen LogP) is 2.51. The van der Waals surface area contributed by atoms with Gasteiger partial charge >= 0.3 is 0 Å². The largest absolute Gasteiger partial charge is 0.381 e. The van der Waals surface area contributed by atoms with Crippen LogP contribution in [-0.2, 0) is 0 Å². The van der Waals surface area contributed by atoms with Gasteiger partial charge in [-0.05, 0) is 37.1 Å². The molecule has 0 radical (unpaired) electrons. The zero-order chi connectivity index (χ0) is 10.7. The molecule has 0 heterocycles. The fraction of sp³-hybridized carbons (Fsp3) is 0.500. The number of hydrogen-bond acceptors (Lipinski definition) is 2. The second-order valence-electron chi connectivity index (χ2n) is 4.21.